The fourth-order valence-corrected chi connectivity index (χ4v) is 2.44. The van der Waals surface area contributed by atoms with Crippen LogP contribution in [0, 0.1) is 5.92 Å². The zero-order chi connectivity index (χ0) is 13.4. The van der Waals surface area contributed by atoms with Crippen LogP contribution in [0.25, 0.3) is 0 Å². The number of anilines is 1. The first-order valence-electron chi connectivity index (χ1n) is 6.17. The molecule has 5 nitrogen and oxygen atoms in total. The van der Waals surface area contributed by atoms with E-state index in [2.05, 4.69) is 5.32 Å². The molecule has 19 heavy (non-hydrogen) atoms. The second-order valence-corrected chi connectivity index (χ2v) is 5.02. The summed E-state index contributed by atoms with van der Waals surface area (Å²) in [7, 11) is 0. The van der Waals surface area contributed by atoms with Crippen LogP contribution in [0.4, 0.5) is 5.69 Å². The highest BCUT2D eigenvalue weighted by molar-refractivity contribution is 7.80. The largest absolute Gasteiger partial charge is 0.486 e. The van der Waals surface area contributed by atoms with Crippen LogP contribution in [0.3, 0.4) is 0 Å². The molecule has 1 aromatic rings. The number of fused-ring (bicyclic) bond motifs is 1. The van der Waals surface area contributed by atoms with Gasteiger partial charge in [-0.15, -0.1) is 0 Å². The van der Waals surface area contributed by atoms with Crippen LogP contribution in [-0.2, 0) is 4.79 Å². The Hall–Kier alpha value is -1.82. The molecule has 1 N–H and O–H groups in total. The van der Waals surface area contributed by atoms with Gasteiger partial charge in [0.1, 0.15) is 13.2 Å². The lowest BCUT2D eigenvalue weighted by atomic mass is 10.1. The molecule has 1 saturated heterocycles. The Morgan fingerprint density at radius 2 is 2.05 bits per heavy atom. The summed E-state index contributed by atoms with van der Waals surface area (Å²) >= 11 is 5.22. The van der Waals surface area contributed by atoms with Gasteiger partial charge in [-0.3, -0.25) is 4.79 Å². The summed E-state index contributed by atoms with van der Waals surface area (Å²) in [5, 5.41) is 3.13. The number of thiocarbonyl (C=S) groups is 1. The minimum absolute atomic E-state index is 0.0289. The lowest BCUT2D eigenvalue weighted by Crippen LogP contribution is -2.53. The molecule has 0 saturated carbocycles. The Bertz CT molecular complexity index is 547. The van der Waals surface area contributed by atoms with Crippen LogP contribution in [0.1, 0.15) is 6.92 Å². The van der Waals surface area contributed by atoms with Crippen molar-refractivity contribution >= 4 is 28.9 Å². The van der Waals surface area contributed by atoms with Gasteiger partial charge in [-0.2, -0.15) is 0 Å². The normalized spacial score (nSPS) is 22.2. The monoisotopic (exact) mass is 278 g/mol. The van der Waals surface area contributed by atoms with E-state index in [-0.39, 0.29) is 11.8 Å². The number of hydrogen-bond acceptors (Lipinski definition) is 4. The molecule has 100 valence electrons. The highest BCUT2D eigenvalue weighted by Crippen LogP contribution is 2.34. The highest BCUT2D eigenvalue weighted by atomic mass is 32.1. The summed E-state index contributed by atoms with van der Waals surface area (Å²) in [6.07, 6.45) is 0. The Morgan fingerprint density at radius 1 is 1.32 bits per heavy atom. The Morgan fingerprint density at radius 3 is 2.84 bits per heavy atom. The quantitative estimate of drug-likeness (QED) is 0.785. The van der Waals surface area contributed by atoms with Crippen molar-refractivity contribution in [1.82, 2.24) is 5.32 Å². The molecular weight excluding hydrogens is 264 g/mol. The summed E-state index contributed by atoms with van der Waals surface area (Å²) in [5.74, 6) is 1.34. The third kappa shape index (κ3) is 2.23. The third-order valence-electron chi connectivity index (χ3n) is 3.22. The molecule has 1 aromatic carbocycles. The predicted octanol–water partition coefficient (Wildman–Crippen LogP) is 1.31. The van der Waals surface area contributed by atoms with Crippen molar-refractivity contribution < 1.29 is 14.3 Å². The van der Waals surface area contributed by atoms with Crippen molar-refractivity contribution in [3.8, 4) is 11.5 Å². The molecule has 0 bridgehead atoms. The molecule has 2 aliphatic rings. The minimum atomic E-state index is -0.0973. The fourth-order valence-electron chi connectivity index (χ4n) is 2.16. The molecule has 1 amide bonds. The Kier molecular flexibility index (Phi) is 3.02. The summed E-state index contributed by atoms with van der Waals surface area (Å²) in [5.41, 5.74) is 0.904. The molecule has 0 aliphatic carbocycles. The number of carbonyl (C=O) groups excluding carboxylic acids is 1. The van der Waals surface area contributed by atoms with Crippen molar-refractivity contribution in [2.45, 2.75) is 6.92 Å². The molecule has 0 radical (unpaired) electrons. The average Bonchev–Trinajstić information content (AvgIpc) is 2.42. The average molecular weight is 278 g/mol. The summed E-state index contributed by atoms with van der Waals surface area (Å²) < 4.78 is 11.0. The number of carbonyl (C=O) groups is 1. The zero-order valence-electron chi connectivity index (χ0n) is 10.5. The van der Waals surface area contributed by atoms with E-state index in [1.54, 1.807) is 0 Å². The third-order valence-corrected chi connectivity index (χ3v) is 3.54. The molecule has 0 spiro atoms. The molecule has 1 atom stereocenters. The first kappa shape index (κ1) is 12.2. The second kappa shape index (κ2) is 4.70. The molecule has 1 fully saturated rings. The molecule has 2 heterocycles. The summed E-state index contributed by atoms with van der Waals surface area (Å²) in [6.45, 7) is 3.57. The van der Waals surface area contributed by atoms with Gasteiger partial charge in [-0.05, 0) is 24.4 Å². The van der Waals surface area contributed by atoms with E-state index in [4.69, 9.17) is 21.7 Å². The maximum absolute atomic E-state index is 11.5. The van der Waals surface area contributed by atoms with Crippen LogP contribution >= 0.6 is 12.2 Å². The van der Waals surface area contributed by atoms with Crippen LogP contribution in [-0.4, -0.2) is 30.8 Å². The SMILES string of the molecule is CC1CN(c2ccc3c(c2)OCCO3)C(=S)NC1=O. The number of rotatable bonds is 1. The van der Waals surface area contributed by atoms with Crippen LogP contribution < -0.4 is 19.7 Å². The van der Waals surface area contributed by atoms with Gasteiger partial charge in [0.2, 0.25) is 5.91 Å². The highest BCUT2D eigenvalue weighted by Gasteiger charge is 2.28. The Balaban J connectivity index is 1.89. The molecule has 3 rings (SSSR count). The van der Waals surface area contributed by atoms with Crippen molar-refractivity contribution in [2.24, 2.45) is 5.92 Å². The van der Waals surface area contributed by atoms with E-state index in [9.17, 15) is 4.79 Å². The summed E-state index contributed by atoms with van der Waals surface area (Å²) in [6, 6.07) is 5.68. The van der Waals surface area contributed by atoms with Gasteiger partial charge in [0.05, 0.1) is 5.92 Å². The van der Waals surface area contributed by atoms with Gasteiger partial charge in [-0.25, -0.2) is 0 Å². The van der Waals surface area contributed by atoms with E-state index in [0.717, 1.165) is 17.2 Å². The van der Waals surface area contributed by atoms with Crippen LogP contribution in [0.2, 0.25) is 0 Å². The maximum Gasteiger partial charge on any atom is 0.230 e. The number of nitrogens with zero attached hydrogens (tertiary/aromatic N) is 1. The van der Waals surface area contributed by atoms with Gasteiger partial charge in [0, 0.05) is 18.3 Å². The van der Waals surface area contributed by atoms with Crippen molar-refractivity contribution in [1.29, 1.82) is 0 Å². The first-order valence-corrected chi connectivity index (χ1v) is 6.58. The first-order chi connectivity index (χ1) is 9.15. The van der Waals surface area contributed by atoms with E-state index in [1.807, 2.05) is 30.0 Å². The van der Waals surface area contributed by atoms with Crippen molar-refractivity contribution in [3.63, 3.8) is 0 Å². The van der Waals surface area contributed by atoms with Gasteiger partial charge >= 0.3 is 0 Å². The number of hydrogen-bond donors (Lipinski definition) is 1. The van der Waals surface area contributed by atoms with Gasteiger partial charge < -0.3 is 19.7 Å². The standard InChI is InChI=1S/C13H14N2O3S/c1-8-7-15(13(19)14-12(8)16)9-2-3-10-11(6-9)18-5-4-17-10/h2-3,6,8H,4-5,7H2,1H3,(H,14,16,19). The van der Waals surface area contributed by atoms with E-state index in [0.29, 0.717) is 24.9 Å². The molecule has 2 aliphatic heterocycles. The molecular formula is C13H14N2O3S. The smallest absolute Gasteiger partial charge is 0.230 e. The number of nitrogens with one attached hydrogen (secondary N) is 1. The lowest BCUT2D eigenvalue weighted by Gasteiger charge is -2.33. The number of benzene rings is 1. The second-order valence-electron chi connectivity index (χ2n) is 4.63. The van der Waals surface area contributed by atoms with E-state index in [1.165, 1.54) is 0 Å². The Labute approximate surface area is 116 Å². The fraction of sp³-hybridized carbons (Fsp3) is 0.385. The number of amides is 1. The number of ether oxygens (including phenoxy) is 2. The van der Waals surface area contributed by atoms with Crippen molar-refractivity contribution in [2.75, 3.05) is 24.7 Å². The lowest BCUT2D eigenvalue weighted by molar-refractivity contribution is -0.123. The predicted molar refractivity (Wildman–Crippen MR) is 74.7 cm³/mol. The maximum atomic E-state index is 11.5. The molecule has 0 aromatic heterocycles. The topological polar surface area (TPSA) is 50.8 Å². The van der Waals surface area contributed by atoms with Crippen LogP contribution in [0.15, 0.2) is 18.2 Å². The van der Waals surface area contributed by atoms with E-state index >= 15 is 0 Å². The van der Waals surface area contributed by atoms with Gasteiger partial charge in [0.25, 0.3) is 0 Å². The zero-order valence-corrected chi connectivity index (χ0v) is 11.3. The van der Waals surface area contributed by atoms with Gasteiger partial charge in [-0.1, -0.05) is 6.92 Å². The molecule has 1 unspecified atom stereocenters. The minimum Gasteiger partial charge on any atom is -0.486 e. The van der Waals surface area contributed by atoms with E-state index < -0.39 is 0 Å². The van der Waals surface area contributed by atoms with Crippen LogP contribution in [0.5, 0.6) is 11.5 Å². The van der Waals surface area contributed by atoms with Crippen molar-refractivity contribution in [3.05, 3.63) is 18.2 Å². The molecule has 6 heteroatoms. The van der Waals surface area contributed by atoms with Gasteiger partial charge in [0.15, 0.2) is 16.6 Å². The summed E-state index contributed by atoms with van der Waals surface area (Å²) in [4.78, 5) is 13.4.